The van der Waals surface area contributed by atoms with Crippen LogP contribution in [0.4, 0.5) is 0 Å². The van der Waals surface area contributed by atoms with Gasteiger partial charge in [0.2, 0.25) is 5.91 Å². The maximum Gasteiger partial charge on any atom is 0.278 e. The molecule has 8 heteroatoms. The lowest BCUT2D eigenvalue weighted by molar-refractivity contribution is -0.130. The first-order valence-electron chi connectivity index (χ1n) is 9.77. The first kappa shape index (κ1) is 20.0. The maximum atomic E-state index is 12.6. The molecule has 1 aliphatic rings. The number of likely N-dealkylation sites (N-methyl/N-ethyl adjacent to an activating group) is 1. The summed E-state index contributed by atoms with van der Waals surface area (Å²) >= 11 is 0. The molecule has 0 N–H and O–H groups in total. The van der Waals surface area contributed by atoms with E-state index in [-0.39, 0.29) is 17.5 Å². The van der Waals surface area contributed by atoms with Crippen LogP contribution in [0.1, 0.15) is 47.6 Å². The maximum absolute atomic E-state index is 12.6. The van der Waals surface area contributed by atoms with Crippen molar-refractivity contribution in [1.29, 1.82) is 0 Å². The predicted octanol–water partition coefficient (Wildman–Crippen LogP) is 2.11. The summed E-state index contributed by atoms with van der Waals surface area (Å²) in [6.45, 7) is 3.73. The third kappa shape index (κ3) is 5.15. The Morgan fingerprint density at radius 1 is 1.32 bits per heavy atom. The highest BCUT2D eigenvalue weighted by atomic mass is 16.6. The van der Waals surface area contributed by atoms with Gasteiger partial charge >= 0.3 is 0 Å². The molecular weight excluding hydrogens is 358 g/mol. The summed E-state index contributed by atoms with van der Waals surface area (Å²) in [7, 11) is 1.84. The summed E-state index contributed by atoms with van der Waals surface area (Å²) in [5.74, 6) is 0.323. The number of aryl methyl sites for hydroxylation is 1. The van der Waals surface area contributed by atoms with Gasteiger partial charge in [-0.3, -0.25) is 14.6 Å². The molecule has 2 aromatic rings. The van der Waals surface area contributed by atoms with Crippen molar-refractivity contribution < 1.29 is 14.2 Å². The Bertz CT molecular complexity index is 792. The zero-order valence-electron chi connectivity index (χ0n) is 16.5. The van der Waals surface area contributed by atoms with Crippen molar-refractivity contribution in [1.82, 2.24) is 25.1 Å². The van der Waals surface area contributed by atoms with E-state index in [1.165, 1.54) is 0 Å². The molecule has 0 spiro atoms. The van der Waals surface area contributed by atoms with Gasteiger partial charge < -0.3 is 9.80 Å². The van der Waals surface area contributed by atoms with Crippen LogP contribution in [0.3, 0.4) is 0 Å². The van der Waals surface area contributed by atoms with Gasteiger partial charge in [-0.25, -0.2) is 4.63 Å². The first-order chi connectivity index (χ1) is 13.5. The number of hydrogen-bond acceptors (Lipinski definition) is 6. The number of piperidine rings is 1. The Morgan fingerprint density at radius 2 is 2.18 bits per heavy atom. The van der Waals surface area contributed by atoms with E-state index in [0.29, 0.717) is 37.7 Å². The number of rotatable bonds is 7. The van der Waals surface area contributed by atoms with Crippen LogP contribution in [0.2, 0.25) is 0 Å². The van der Waals surface area contributed by atoms with E-state index >= 15 is 0 Å². The molecule has 1 atom stereocenters. The number of carbonyl (C=O) groups excluding carboxylic acids is 2. The van der Waals surface area contributed by atoms with E-state index in [4.69, 9.17) is 0 Å². The smallest absolute Gasteiger partial charge is 0.278 e. The predicted molar refractivity (Wildman–Crippen MR) is 102 cm³/mol. The average Bonchev–Trinajstić information content (AvgIpc) is 3.16. The zero-order chi connectivity index (χ0) is 19.9. The molecule has 3 rings (SSSR count). The number of likely N-dealkylation sites (tertiary alicyclic amines) is 1. The van der Waals surface area contributed by atoms with Crippen molar-refractivity contribution in [2.24, 2.45) is 5.92 Å². The molecule has 0 aliphatic carbocycles. The molecule has 0 aromatic carbocycles. The Kier molecular flexibility index (Phi) is 6.73. The van der Waals surface area contributed by atoms with Crippen LogP contribution >= 0.6 is 0 Å². The molecular formula is C20H27N5O3. The molecule has 28 heavy (non-hydrogen) atoms. The lowest BCUT2D eigenvalue weighted by Crippen LogP contribution is -2.40. The molecule has 0 unspecified atom stereocenters. The fraction of sp³-hybridized carbons (Fsp3) is 0.550. The molecule has 1 fully saturated rings. The molecule has 0 saturated carbocycles. The summed E-state index contributed by atoms with van der Waals surface area (Å²) in [6.07, 6.45) is 5.77. The average molecular weight is 385 g/mol. The second kappa shape index (κ2) is 9.43. The van der Waals surface area contributed by atoms with Gasteiger partial charge in [-0.1, -0.05) is 11.2 Å². The molecule has 0 bridgehead atoms. The van der Waals surface area contributed by atoms with Crippen molar-refractivity contribution in [2.75, 3.05) is 26.7 Å². The Morgan fingerprint density at radius 3 is 2.89 bits per heavy atom. The van der Waals surface area contributed by atoms with E-state index in [1.54, 1.807) is 22.9 Å². The Balaban J connectivity index is 1.44. The second-order valence-electron chi connectivity index (χ2n) is 7.38. The minimum atomic E-state index is -0.137. The van der Waals surface area contributed by atoms with Crippen molar-refractivity contribution in [2.45, 2.75) is 39.0 Å². The fourth-order valence-corrected chi connectivity index (χ4v) is 3.53. The highest BCUT2D eigenvalue weighted by Gasteiger charge is 2.28. The summed E-state index contributed by atoms with van der Waals surface area (Å²) in [5, 5.41) is 7.40. The van der Waals surface area contributed by atoms with Crippen LogP contribution < -0.4 is 0 Å². The number of hydrogen-bond donors (Lipinski definition) is 0. The SMILES string of the molecule is Cc1nonc1C(=O)N1CCC[C@H](CCC(=O)N(C)CCc2ccccn2)C1. The summed E-state index contributed by atoms with van der Waals surface area (Å²) in [5.41, 5.74) is 1.78. The number of amides is 2. The van der Waals surface area contributed by atoms with Gasteiger partial charge in [0.15, 0.2) is 5.69 Å². The summed E-state index contributed by atoms with van der Waals surface area (Å²) in [4.78, 5) is 32.9. The molecule has 1 aliphatic heterocycles. The van der Waals surface area contributed by atoms with Gasteiger partial charge in [0.05, 0.1) is 0 Å². The van der Waals surface area contributed by atoms with Gasteiger partial charge in [0.25, 0.3) is 5.91 Å². The number of nitrogens with zero attached hydrogens (tertiary/aromatic N) is 5. The topological polar surface area (TPSA) is 92.4 Å². The Labute approximate surface area is 164 Å². The van der Waals surface area contributed by atoms with Crippen LogP contribution in [0, 0.1) is 12.8 Å². The lowest BCUT2D eigenvalue weighted by Gasteiger charge is -2.32. The summed E-state index contributed by atoms with van der Waals surface area (Å²) in [6, 6.07) is 5.81. The van der Waals surface area contributed by atoms with Gasteiger partial charge in [-0.15, -0.1) is 0 Å². The standard InChI is InChI=1S/C20H27N5O3/c1-15-19(23-28-22-15)20(27)25-12-5-6-16(14-25)8-9-18(26)24(2)13-10-17-7-3-4-11-21-17/h3-4,7,11,16H,5-6,8-10,12-14H2,1-2H3/t16-/m1/s1. The second-order valence-corrected chi connectivity index (χ2v) is 7.38. The van der Waals surface area contributed by atoms with E-state index in [0.717, 1.165) is 31.4 Å². The summed E-state index contributed by atoms with van der Waals surface area (Å²) < 4.78 is 4.64. The van der Waals surface area contributed by atoms with Crippen molar-refractivity contribution in [3.63, 3.8) is 0 Å². The minimum absolute atomic E-state index is 0.135. The third-order valence-electron chi connectivity index (χ3n) is 5.28. The lowest BCUT2D eigenvalue weighted by atomic mass is 9.93. The van der Waals surface area contributed by atoms with Gasteiger partial charge in [0, 0.05) is 51.4 Å². The number of aromatic nitrogens is 3. The van der Waals surface area contributed by atoms with Crippen molar-refractivity contribution >= 4 is 11.8 Å². The fourth-order valence-electron chi connectivity index (χ4n) is 3.53. The first-order valence-corrected chi connectivity index (χ1v) is 9.77. The molecule has 2 amide bonds. The minimum Gasteiger partial charge on any atom is -0.345 e. The van der Waals surface area contributed by atoms with Crippen LogP contribution in [-0.2, 0) is 11.2 Å². The monoisotopic (exact) mass is 385 g/mol. The van der Waals surface area contributed by atoms with Crippen LogP contribution in [0.5, 0.6) is 0 Å². The van der Waals surface area contributed by atoms with Crippen LogP contribution in [0.25, 0.3) is 0 Å². The largest absolute Gasteiger partial charge is 0.345 e. The van der Waals surface area contributed by atoms with Crippen LogP contribution in [-0.4, -0.2) is 63.6 Å². The highest BCUT2D eigenvalue weighted by Crippen LogP contribution is 2.23. The van der Waals surface area contributed by atoms with Crippen molar-refractivity contribution in [3.8, 4) is 0 Å². The van der Waals surface area contributed by atoms with Gasteiger partial charge in [0.1, 0.15) is 5.69 Å². The van der Waals surface area contributed by atoms with E-state index in [9.17, 15) is 9.59 Å². The molecule has 1 saturated heterocycles. The zero-order valence-corrected chi connectivity index (χ0v) is 16.5. The van der Waals surface area contributed by atoms with Gasteiger partial charge in [-0.2, -0.15) is 0 Å². The molecule has 150 valence electrons. The number of pyridine rings is 1. The number of carbonyl (C=O) groups is 2. The third-order valence-corrected chi connectivity index (χ3v) is 5.28. The quantitative estimate of drug-likeness (QED) is 0.725. The molecule has 2 aromatic heterocycles. The highest BCUT2D eigenvalue weighted by molar-refractivity contribution is 5.93. The van der Waals surface area contributed by atoms with Gasteiger partial charge in [-0.05, 0) is 49.4 Å². The van der Waals surface area contributed by atoms with Crippen LogP contribution in [0.15, 0.2) is 29.0 Å². The molecule has 3 heterocycles. The molecule has 0 radical (unpaired) electrons. The van der Waals surface area contributed by atoms with E-state index < -0.39 is 0 Å². The molecule has 8 nitrogen and oxygen atoms in total. The Hall–Kier alpha value is -2.77. The van der Waals surface area contributed by atoms with E-state index in [1.807, 2.05) is 25.2 Å². The normalized spacial score (nSPS) is 16.8. The van der Waals surface area contributed by atoms with E-state index in [2.05, 4.69) is 19.9 Å². The van der Waals surface area contributed by atoms with Crippen molar-refractivity contribution in [3.05, 3.63) is 41.5 Å².